The van der Waals surface area contributed by atoms with Crippen molar-refractivity contribution in [2.45, 2.75) is 43.0 Å². The van der Waals surface area contributed by atoms with Gasteiger partial charge in [0.15, 0.2) is 12.4 Å². The Morgan fingerprint density at radius 2 is 1.74 bits per heavy atom. The van der Waals surface area contributed by atoms with Crippen LogP contribution in [0.5, 0.6) is 0 Å². The predicted octanol–water partition coefficient (Wildman–Crippen LogP) is 1.36. The minimum Gasteiger partial charge on any atom is -0.388 e. The van der Waals surface area contributed by atoms with Crippen molar-refractivity contribution in [3.05, 3.63) is 65.7 Å². The summed E-state index contributed by atoms with van der Waals surface area (Å²) in [4.78, 5) is -0.0535. The van der Waals surface area contributed by atoms with Crippen LogP contribution in [0.3, 0.4) is 0 Å². The van der Waals surface area contributed by atoms with Crippen LogP contribution in [0, 0.1) is 6.92 Å². The summed E-state index contributed by atoms with van der Waals surface area (Å²) in [5, 5.41) is 20.1. The van der Waals surface area contributed by atoms with Crippen LogP contribution >= 0.6 is 0 Å². The minimum absolute atomic E-state index is 0.0535. The van der Waals surface area contributed by atoms with Gasteiger partial charge in [-0.15, -0.1) is 0 Å². The smallest absolute Gasteiger partial charge is 0.297 e. The molecule has 0 amide bonds. The highest BCUT2D eigenvalue weighted by Crippen LogP contribution is 2.25. The van der Waals surface area contributed by atoms with Gasteiger partial charge in [-0.3, -0.25) is 4.18 Å². The van der Waals surface area contributed by atoms with E-state index in [1.807, 2.05) is 37.3 Å². The van der Waals surface area contributed by atoms with Crippen molar-refractivity contribution in [1.29, 1.82) is 0 Å². The van der Waals surface area contributed by atoms with Gasteiger partial charge >= 0.3 is 0 Å². The molecular weight excluding hydrogens is 372 g/mol. The second-order valence-electron chi connectivity index (χ2n) is 6.38. The first-order valence-electron chi connectivity index (χ1n) is 8.50. The van der Waals surface area contributed by atoms with Crippen LogP contribution in [-0.2, 0) is 30.4 Å². The van der Waals surface area contributed by atoms with Gasteiger partial charge in [0.1, 0.15) is 12.2 Å². The van der Waals surface area contributed by atoms with Gasteiger partial charge in [0.25, 0.3) is 10.1 Å². The maximum absolute atomic E-state index is 12.6. The SMILES string of the molecule is Cc1ccc(S(=O)(=O)O[C@H]2[C@@H](OCc3ccccc3)OC[C@@H](O)[C@H]2O)cc1. The first-order valence-corrected chi connectivity index (χ1v) is 9.91. The van der Waals surface area contributed by atoms with Gasteiger partial charge in [-0.1, -0.05) is 48.0 Å². The molecule has 2 aromatic carbocycles. The van der Waals surface area contributed by atoms with E-state index in [9.17, 15) is 18.6 Å². The lowest BCUT2D eigenvalue weighted by molar-refractivity contribution is -0.266. The quantitative estimate of drug-likeness (QED) is 0.713. The normalized spacial score (nSPS) is 26.0. The minimum atomic E-state index is -4.18. The first kappa shape index (κ1) is 19.9. The van der Waals surface area contributed by atoms with Crippen LogP contribution in [0.15, 0.2) is 59.5 Å². The molecule has 0 bridgehead atoms. The number of benzene rings is 2. The lowest BCUT2D eigenvalue weighted by Gasteiger charge is -2.37. The number of ether oxygens (including phenoxy) is 2. The first-order chi connectivity index (χ1) is 12.9. The Morgan fingerprint density at radius 3 is 2.41 bits per heavy atom. The van der Waals surface area contributed by atoms with E-state index in [4.69, 9.17) is 13.7 Å². The number of aryl methyl sites for hydroxylation is 1. The zero-order chi connectivity index (χ0) is 19.4. The van der Waals surface area contributed by atoms with E-state index >= 15 is 0 Å². The third kappa shape index (κ3) is 4.92. The summed E-state index contributed by atoms with van der Waals surface area (Å²) in [5.41, 5.74) is 1.75. The standard InChI is InChI=1S/C19H22O7S/c1-13-7-9-15(10-8-13)27(22,23)26-18-17(21)16(20)12-25-19(18)24-11-14-5-3-2-4-6-14/h2-10,16-21H,11-12H2,1H3/t16-,17-,18-,19+/m1/s1. The lowest BCUT2D eigenvalue weighted by Crippen LogP contribution is -2.55. The molecule has 27 heavy (non-hydrogen) atoms. The van der Waals surface area contributed by atoms with Crippen LogP contribution in [0.25, 0.3) is 0 Å². The van der Waals surface area contributed by atoms with Crippen molar-refractivity contribution in [2.75, 3.05) is 6.61 Å². The third-order valence-electron chi connectivity index (χ3n) is 4.23. The molecule has 0 radical (unpaired) electrons. The lowest BCUT2D eigenvalue weighted by atomic mass is 10.1. The zero-order valence-corrected chi connectivity index (χ0v) is 15.6. The van der Waals surface area contributed by atoms with E-state index < -0.39 is 34.7 Å². The summed E-state index contributed by atoms with van der Waals surface area (Å²) in [6.45, 7) is 1.78. The van der Waals surface area contributed by atoms with Gasteiger partial charge in [0, 0.05) is 0 Å². The van der Waals surface area contributed by atoms with Crippen LogP contribution < -0.4 is 0 Å². The van der Waals surface area contributed by atoms with E-state index in [1.54, 1.807) is 12.1 Å². The molecule has 0 aromatic heterocycles. The maximum atomic E-state index is 12.6. The molecule has 0 aliphatic carbocycles. The molecule has 1 saturated heterocycles. The zero-order valence-electron chi connectivity index (χ0n) is 14.8. The second kappa shape index (κ2) is 8.47. The van der Waals surface area contributed by atoms with Gasteiger partial charge < -0.3 is 19.7 Å². The summed E-state index contributed by atoms with van der Waals surface area (Å²) >= 11 is 0. The highest BCUT2D eigenvalue weighted by molar-refractivity contribution is 7.86. The highest BCUT2D eigenvalue weighted by atomic mass is 32.2. The fourth-order valence-electron chi connectivity index (χ4n) is 2.67. The predicted molar refractivity (Wildman–Crippen MR) is 96.2 cm³/mol. The van der Waals surface area contributed by atoms with E-state index in [2.05, 4.69) is 0 Å². The Balaban J connectivity index is 1.76. The van der Waals surface area contributed by atoms with E-state index in [0.717, 1.165) is 11.1 Å². The van der Waals surface area contributed by atoms with Gasteiger partial charge in [0.2, 0.25) is 0 Å². The van der Waals surface area contributed by atoms with Gasteiger partial charge in [0.05, 0.1) is 18.1 Å². The van der Waals surface area contributed by atoms with Crippen LogP contribution in [0.1, 0.15) is 11.1 Å². The number of aliphatic hydroxyl groups excluding tert-OH is 2. The monoisotopic (exact) mass is 394 g/mol. The van der Waals surface area contributed by atoms with Crippen molar-refractivity contribution in [2.24, 2.45) is 0 Å². The molecule has 0 unspecified atom stereocenters. The molecule has 8 heteroatoms. The third-order valence-corrected chi connectivity index (χ3v) is 5.56. The summed E-state index contributed by atoms with van der Waals surface area (Å²) in [5.74, 6) is 0. The molecule has 1 aliphatic heterocycles. The fraction of sp³-hybridized carbons (Fsp3) is 0.368. The fourth-order valence-corrected chi connectivity index (χ4v) is 3.75. The Bertz CT molecular complexity index is 836. The average molecular weight is 394 g/mol. The van der Waals surface area contributed by atoms with Gasteiger partial charge in [-0.2, -0.15) is 8.42 Å². The highest BCUT2D eigenvalue weighted by Gasteiger charge is 2.43. The Kier molecular flexibility index (Phi) is 6.25. The van der Waals surface area contributed by atoms with E-state index in [0.29, 0.717) is 0 Å². The van der Waals surface area contributed by atoms with Crippen molar-refractivity contribution in [1.82, 2.24) is 0 Å². The molecule has 146 valence electrons. The summed E-state index contributed by atoms with van der Waals surface area (Å²) in [7, 11) is -4.18. The molecule has 0 spiro atoms. The topological polar surface area (TPSA) is 102 Å². The largest absolute Gasteiger partial charge is 0.388 e. The van der Waals surface area contributed by atoms with Crippen molar-refractivity contribution in [3.63, 3.8) is 0 Å². The van der Waals surface area contributed by atoms with Crippen molar-refractivity contribution < 1.29 is 32.3 Å². The molecule has 4 atom stereocenters. The molecular formula is C19H22O7S. The number of hydrogen-bond donors (Lipinski definition) is 2. The summed E-state index contributed by atoms with van der Waals surface area (Å²) < 4.78 is 41.3. The van der Waals surface area contributed by atoms with Crippen molar-refractivity contribution in [3.8, 4) is 0 Å². The Morgan fingerprint density at radius 1 is 1.07 bits per heavy atom. The van der Waals surface area contributed by atoms with E-state index in [1.165, 1.54) is 12.1 Å². The average Bonchev–Trinajstić information content (AvgIpc) is 2.66. The summed E-state index contributed by atoms with van der Waals surface area (Å²) in [6.07, 6.45) is -5.30. The number of aliphatic hydroxyl groups is 2. The second-order valence-corrected chi connectivity index (χ2v) is 7.96. The molecule has 2 N–H and O–H groups in total. The maximum Gasteiger partial charge on any atom is 0.297 e. The molecule has 1 heterocycles. The Hall–Kier alpha value is -1.81. The Labute approximate surface area is 158 Å². The molecule has 2 aromatic rings. The van der Waals surface area contributed by atoms with Gasteiger partial charge in [-0.05, 0) is 24.6 Å². The van der Waals surface area contributed by atoms with Crippen LogP contribution in [0.4, 0.5) is 0 Å². The molecule has 3 rings (SSSR count). The molecule has 0 saturated carbocycles. The number of hydrogen-bond acceptors (Lipinski definition) is 7. The number of rotatable bonds is 6. The van der Waals surface area contributed by atoms with E-state index in [-0.39, 0.29) is 18.1 Å². The summed E-state index contributed by atoms with van der Waals surface area (Å²) in [6, 6.07) is 15.3. The van der Waals surface area contributed by atoms with Crippen molar-refractivity contribution >= 4 is 10.1 Å². The van der Waals surface area contributed by atoms with Gasteiger partial charge in [-0.25, -0.2) is 0 Å². The molecule has 1 aliphatic rings. The molecule has 7 nitrogen and oxygen atoms in total. The van der Waals surface area contributed by atoms with Crippen LogP contribution in [0.2, 0.25) is 0 Å². The van der Waals surface area contributed by atoms with Crippen LogP contribution in [-0.4, -0.2) is 49.8 Å². The molecule has 1 fully saturated rings.